The second kappa shape index (κ2) is 10.3. The highest BCUT2D eigenvalue weighted by Gasteiger charge is 2.41. The Bertz CT molecular complexity index is 1100. The number of nitrogens with one attached hydrogen (secondary N) is 2. The molecule has 2 fully saturated rings. The minimum Gasteiger partial charge on any atom is -0.598 e. The number of halogens is 2. The lowest BCUT2D eigenvalue weighted by Crippen LogP contribution is -2.41. The lowest BCUT2D eigenvalue weighted by Gasteiger charge is -2.33. The normalized spacial score (nSPS) is 21.4. The van der Waals surface area contributed by atoms with Gasteiger partial charge in [-0.15, -0.1) is 4.72 Å². The van der Waals surface area contributed by atoms with Gasteiger partial charge in [0.15, 0.2) is 5.65 Å². The molecule has 8 nitrogen and oxygen atoms in total. The van der Waals surface area contributed by atoms with Crippen molar-refractivity contribution in [2.75, 3.05) is 0 Å². The van der Waals surface area contributed by atoms with Crippen molar-refractivity contribution >= 4 is 23.1 Å². The van der Waals surface area contributed by atoms with E-state index in [9.17, 15) is 18.1 Å². The van der Waals surface area contributed by atoms with Gasteiger partial charge in [-0.1, -0.05) is 0 Å². The minimum atomic E-state index is -2.68. The summed E-state index contributed by atoms with van der Waals surface area (Å²) < 4.78 is 50.6. The van der Waals surface area contributed by atoms with E-state index in [-0.39, 0.29) is 37.6 Å². The fourth-order valence-electron chi connectivity index (χ4n) is 4.65. The third-order valence-electron chi connectivity index (χ3n) is 6.83. The first-order valence-corrected chi connectivity index (χ1v) is 14.2. The molecule has 2 aromatic rings. The van der Waals surface area contributed by atoms with Crippen LogP contribution in [-0.2, 0) is 16.1 Å². The molecule has 0 aliphatic heterocycles. The van der Waals surface area contributed by atoms with Crippen LogP contribution in [0.15, 0.2) is 18.5 Å². The van der Waals surface area contributed by atoms with Crippen molar-refractivity contribution < 1.29 is 22.9 Å². The highest BCUT2D eigenvalue weighted by molar-refractivity contribution is 7.90. The number of nitrogens with zero attached hydrogens (tertiary/aromatic N) is 3. The summed E-state index contributed by atoms with van der Waals surface area (Å²) in [4.78, 5) is 17.4. The zero-order valence-electron chi connectivity index (χ0n) is 22.5. The van der Waals surface area contributed by atoms with Crippen LogP contribution < -0.4 is 10.0 Å². The van der Waals surface area contributed by atoms with Crippen LogP contribution in [-0.4, -0.2) is 41.5 Å². The first kappa shape index (κ1) is 28.0. The highest BCUT2D eigenvalue weighted by atomic mass is 32.2. The van der Waals surface area contributed by atoms with Gasteiger partial charge in [0, 0.05) is 24.2 Å². The van der Waals surface area contributed by atoms with Crippen LogP contribution in [0.3, 0.4) is 0 Å². The fraction of sp³-hybridized carbons (Fsp3) is 0.731. The first-order chi connectivity index (χ1) is 17.1. The number of alkyl carbamates (subject to hydrolysis) is 1. The lowest BCUT2D eigenvalue weighted by atomic mass is 9.81. The Hall–Kier alpha value is -1.98. The van der Waals surface area contributed by atoms with Gasteiger partial charge in [0.1, 0.15) is 10.3 Å². The summed E-state index contributed by atoms with van der Waals surface area (Å²) in [5.74, 6) is -2.50. The number of hydrogen-bond acceptors (Lipinski definition) is 6. The topological polar surface area (TPSA) is 104 Å². The van der Waals surface area contributed by atoms with Gasteiger partial charge in [0.25, 0.3) is 0 Å². The van der Waals surface area contributed by atoms with Gasteiger partial charge < -0.3 is 14.6 Å². The van der Waals surface area contributed by atoms with Crippen molar-refractivity contribution in [1.29, 1.82) is 0 Å². The molecule has 0 spiro atoms. The van der Waals surface area contributed by atoms with Crippen LogP contribution in [0.2, 0.25) is 0 Å². The summed E-state index contributed by atoms with van der Waals surface area (Å²) in [7, 11) is 0. The molecule has 1 amide bonds. The van der Waals surface area contributed by atoms with Gasteiger partial charge in [0.05, 0.1) is 30.2 Å². The van der Waals surface area contributed by atoms with Crippen LogP contribution in [0.4, 0.5) is 13.6 Å². The molecule has 37 heavy (non-hydrogen) atoms. The Morgan fingerprint density at radius 2 is 1.76 bits per heavy atom. The molecule has 0 radical (unpaired) electrons. The van der Waals surface area contributed by atoms with Crippen molar-refractivity contribution in [3.63, 3.8) is 0 Å². The number of alkyl halides is 2. The summed E-state index contributed by atoms with van der Waals surface area (Å²) in [6.45, 7) is 11.1. The van der Waals surface area contributed by atoms with Gasteiger partial charge in [0.2, 0.25) is 5.92 Å². The maximum absolute atomic E-state index is 13.9. The predicted octanol–water partition coefficient (Wildman–Crippen LogP) is 5.62. The lowest BCUT2D eigenvalue weighted by molar-refractivity contribution is -0.0500. The minimum absolute atomic E-state index is 0.103. The molecule has 2 aliphatic carbocycles. The summed E-state index contributed by atoms with van der Waals surface area (Å²) in [5.41, 5.74) is 1.35. The smallest absolute Gasteiger partial charge is 0.408 e. The van der Waals surface area contributed by atoms with E-state index in [1.54, 1.807) is 37.7 Å². The van der Waals surface area contributed by atoms with Crippen molar-refractivity contribution in [1.82, 2.24) is 24.6 Å². The van der Waals surface area contributed by atoms with E-state index in [1.165, 1.54) is 0 Å². The number of aromatic nitrogens is 3. The van der Waals surface area contributed by atoms with Crippen LogP contribution >= 0.6 is 0 Å². The van der Waals surface area contributed by atoms with E-state index in [4.69, 9.17) is 9.72 Å². The van der Waals surface area contributed by atoms with Crippen molar-refractivity contribution in [2.24, 2.45) is 11.8 Å². The molecule has 1 unspecified atom stereocenters. The zero-order valence-corrected chi connectivity index (χ0v) is 23.3. The Morgan fingerprint density at radius 1 is 1.14 bits per heavy atom. The summed E-state index contributed by atoms with van der Waals surface area (Å²) >= 11 is -1.24. The van der Waals surface area contributed by atoms with Gasteiger partial charge in [-0.25, -0.2) is 23.1 Å². The standard InChI is InChI=1S/C26H39F2N5O3S/c1-24(2,3)36-23(34)31-22(17-9-11-26(27,28)12-10-17)19-15-33-20(30-19)13-18(14-29-33)21(16-7-8-16)32-37(35)25(4,5)6/h13-17,21-22,32H,7-12H2,1-6H3,(H,31,34)/t21?,22-,37-/m0/s1. The number of rotatable bonds is 7. The monoisotopic (exact) mass is 539 g/mol. The Morgan fingerprint density at radius 3 is 2.32 bits per heavy atom. The number of imidazole rings is 1. The van der Waals surface area contributed by atoms with Crippen LogP contribution in [0.1, 0.15) is 103 Å². The third kappa shape index (κ3) is 7.32. The van der Waals surface area contributed by atoms with Crippen molar-refractivity contribution in [2.45, 2.75) is 108 Å². The Balaban J connectivity index is 1.61. The molecule has 3 atom stereocenters. The van der Waals surface area contributed by atoms with E-state index >= 15 is 0 Å². The van der Waals surface area contributed by atoms with E-state index in [0.29, 0.717) is 17.3 Å². The molecule has 2 heterocycles. The molecule has 2 aliphatic rings. The van der Waals surface area contributed by atoms with Gasteiger partial charge in [-0.05, 0) is 90.7 Å². The molecular formula is C26H39F2N5O3S. The Kier molecular flexibility index (Phi) is 7.80. The molecule has 2 saturated carbocycles. The average Bonchev–Trinajstić information content (AvgIpc) is 3.51. The number of carbonyl (C=O) groups is 1. The molecule has 4 rings (SSSR count). The van der Waals surface area contributed by atoms with E-state index < -0.39 is 39.8 Å². The first-order valence-electron chi connectivity index (χ1n) is 13.0. The maximum Gasteiger partial charge on any atom is 0.408 e. The van der Waals surface area contributed by atoms with E-state index in [1.807, 2.05) is 26.8 Å². The fourth-order valence-corrected chi connectivity index (χ4v) is 5.56. The maximum atomic E-state index is 13.9. The molecular weight excluding hydrogens is 500 g/mol. The molecule has 2 aromatic heterocycles. The molecule has 0 aromatic carbocycles. The number of fused-ring (bicyclic) bond motifs is 1. The van der Waals surface area contributed by atoms with Gasteiger partial charge >= 0.3 is 6.09 Å². The van der Waals surface area contributed by atoms with Crippen LogP contribution in [0.5, 0.6) is 0 Å². The summed E-state index contributed by atoms with van der Waals surface area (Å²) in [6.07, 6.45) is 5.09. The molecule has 0 bridgehead atoms. The quantitative estimate of drug-likeness (QED) is 0.443. The van der Waals surface area contributed by atoms with Crippen molar-refractivity contribution in [3.05, 3.63) is 29.7 Å². The van der Waals surface area contributed by atoms with E-state index in [2.05, 4.69) is 15.1 Å². The second-order valence-corrected chi connectivity index (χ2v) is 14.4. The number of hydrogen-bond donors (Lipinski definition) is 2. The number of amides is 1. The largest absolute Gasteiger partial charge is 0.598 e. The van der Waals surface area contributed by atoms with E-state index in [0.717, 1.165) is 18.4 Å². The number of ether oxygens (including phenoxy) is 1. The highest BCUT2D eigenvalue weighted by Crippen LogP contribution is 2.43. The predicted molar refractivity (Wildman–Crippen MR) is 138 cm³/mol. The number of carbonyl (C=O) groups excluding carboxylic acids is 1. The average molecular weight is 540 g/mol. The molecule has 0 saturated heterocycles. The summed E-state index contributed by atoms with van der Waals surface area (Å²) in [5, 5.41) is 7.44. The second-order valence-electron chi connectivity index (χ2n) is 12.4. The summed E-state index contributed by atoms with van der Waals surface area (Å²) in [6, 6.07) is 1.24. The van der Waals surface area contributed by atoms with Gasteiger partial charge in [-0.2, -0.15) is 5.10 Å². The SMILES string of the molecule is CC(C)(C)OC(=O)N[C@H](c1cn2ncc(C(N[S@@+]([O-])C(C)(C)C)C3CC3)cc2n1)C1CCC(F)(F)CC1. The third-order valence-corrected chi connectivity index (χ3v) is 8.41. The van der Waals surface area contributed by atoms with Gasteiger partial charge in [-0.3, -0.25) is 0 Å². The molecule has 11 heteroatoms. The Labute approximate surface area is 220 Å². The zero-order chi connectivity index (χ0) is 27.2. The van der Waals surface area contributed by atoms with Crippen molar-refractivity contribution in [3.8, 4) is 0 Å². The molecule has 2 N–H and O–H groups in total. The van der Waals surface area contributed by atoms with Crippen LogP contribution in [0, 0.1) is 11.8 Å². The molecule has 206 valence electrons. The van der Waals surface area contributed by atoms with Crippen LogP contribution in [0.25, 0.3) is 5.65 Å².